The summed E-state index contributed by atoms with van der Waals surface area (Å²) >= 11 is 0. The first-order valence-corrected chi connectivity index (χ1v) is 10.9. The van der Waals surface area contributed by atoms with Gasteiger partial charge in [0.15, 0.2) is 0 Å². The summed E-state index contributed by atoms with van der Waals surface area (Å²) in [6.07, 6.45) is -4.45. The summed E-state index contributed by atoms with van der Waals surface area (Å²) in [5, 5.41) is 13.9. The first kappa shape index (κ1) is 30.1. The number of rotatable bonds is 8. The number of hydrogen-bond donors (Lipinski definition) is 1. The number of hydrogen-bond acceptors (Lipinski definition) is 7. The molecule has 0 atom stereocenters. The maximum Gasteiger partial charge on any atom is 1.00 e. The molecule has 8 nitrogen and oxygen atoms in total. The van der Waals surface area contributed by atoms with Crippen molar-refractivity contribution in [3.8, 4) is 0 Å². The van der Waals surface area contributed by atoms with Crippen LogP contribution in [0.15, 0.2) is 48.5 Å². The number of aliphatic carboxylic acids is 1. The number of anilines is 3. The Morgan fingerprint density at radius 1 is 0.892 bits per heavy atom. The number of nitrogens with zero attached hydrogens (tertiary/aromatic N) is 4. The van der Waals surface area contributed by atoms with Crippen LogP contribution in [-0.2, 0) is 23.8 Å². The Hall–Kier alpha value is -3.15. The molecular formula is C25H25F3N5NaO3. The maximum atomic E-state index is 12.7. The van der Waals surface area contributed by atoms with E-state index in [0.717, 1.165) is 29.8 Å². The molecule has 0 unspecified atom stereocenters. The summed E-state index contributed by atoms with van der Waals surface area (Å²) in [6.45, 7) is 0. The Bertz CT molecular complexity index is 1220. The van der Waals surface area contributed by atoms with Crippen molar-refractivity contribution in [2.45, 2.75) is 19.0 Å². The fourth-order valence-corrected chi connectivity index (χ4v) is 3.53. The number of benzene rings is 2. The molecule has 0 fully saturated rings. The van der Waals surface area contributed by atoms with Crippen molar-refractivity contribution >= 4 is 29.2 Å². The van der Waals surface area contributed by atoms with E-state index >= 15 is 0 Å². The van der Waals surface area contributed by atoms with E-state index in [2.05, 4.69) is 15.3 Å². The summed E-state index contributed by atoms with van der Waals surface area (Å²) in [6, 6.07) is 10.8. The molecule has 0 saturated heterocycles. The van der Waals surface area contributed by atoms with Gasteiger partial charge >= 0.3 is 35.7 Å². The van der Waals surface area contributed by atoms with Crippen molar-refractivity contribution in [3.63, 3.8) is 0 Å². The van der Waals surface area contributed by atoms with E-state index in [-0.39, 0.29) is 41.5 Å². The molecule has 0 aliphatic heterocycles. The Morgan fingerprint density at radius 3 is 1.84 bits per heavy atom. The van der Waals surface area contributed by atoms with Gasteiger partial charge in [0.2, 0.25) is 0 Å². The number of amides is 1. The van der Waals surface area contributed by atoms with Crippen molar-refractivity contribution in [2.75, 3.05) is 43.3 Å². The average molecular weight is 523 g/mol. The van der Waals surface area contributed by atoms with Gasteiger partial charge in [0, 0.05) is 63.8 Å². The fourth-order valence-electron chi connectivity index (χ4n) is 3.53. The van der Waals surface area contributed by atoms with Crippen LogP contribution in [0.2, 0.25) is 0 Å². The molecule has 0 bridgehead atoms. The van der Waals surface area contributed by atoms with Crippen LogP contribution in [0.3, 0.4) is 0 Å². The molecule has 0 aliphatic carbocycles. The zero-order valence-electron chi connectivity index (χ0n) is 21.2. The summed E-state index contributed by atoms with van der Waals surface area (Å²) in [7, 11) is 7.05. The molecule has 0 saturated carbocycles. The molecule has 3 rings (SSSR count). The van der Waals surface area contributed by atoms with E-state index in [9.17, 15) is 27.9 Å². The topological polar surface area (TPSA) is 101 Å². The van der Waals surface area contributed by atoms with Gasteiger partial charge in [0.1, 0.15) is 17.5 Å². The van der Waals surface area contributed by atoms with Gasteiger partial charge in [-0.3, -0.25) is 4.79 Å². The molecule has 1 aromatic heterocycles. The third-order valence-electron chi connectivity index (χ3n) is 5.23. The van der Waals surface area contributed by atoms with Gasteiger partial charge < -0.3 is 25.0 Å². The normalized spacial score (nSPS) is 10.9. The van der Waals surface area contributed by atoms with Gasteiger partial charge in [0.25, 0.3) is 5.91 Å². The molecule has 1 heterocycles. The number of alkyl halides is 3. The van der Waals surface area contributed by atoms with Crippen molar-refractivity contribution in [1.82, 2.24) is 9.97 Å². The van der Waals surface area contributed by atoms with Gasteiger partial charge in [0.05, 0.1) is 5.56 Å². The number of carboxylic acid groups (broad SMARTS) is 1. The maximum absolute atomic E-state index is 12.7. The quantitative estimate of drug-likeness (QED) is 0.407. The van der Waals surface area contributed by atoms with Crippen LogP contribution in [-0.4, -0.2) is 50.0 Å². The Morgan fingerprint density at radius 2 is 1.41 bits per heavy atom. The van der Waals surface area contributed by atoms with Crippen molar-refractivity contribution in [3.05, 3.63) is 76.6 Å². The second kappa shape index (κ2) is 12.4. The Balaban J connectivity index is 0.00000481. The second-order valence-electron chi connectivity index (χ2n) is 8.51. The number of halogens is 3. The van der Waals surface area contributed by atoms with Crippen LogP contribution in [0.4, 0.5) is 30.5 Å². The standard InChI is InChI=1S/C25H26F3N5O3.Na/c1-32(2)22-19(14-21(34)35)23(33(3)4)31-20(30-22)13-15-5-11-18(12-6-15)29-24(36)16-7-9-17(10-8-16)25(26,27)28;/h5-12H,13-14H2,1-4H3,(H,29,36)(H,34,35);/q;+1/p-1. The van der Waals surface area contributed by atoms with Crippen molar-refractivity contribution < 1.29 is 57.4 Å². The Labute approximate surface area is 234 Å². The van der Waals surface area contributed by atoms with Crippen molar-refractivity contribution in [1.29, 1.82) is 0 Å². The van der Waals surface area contributed by atoms with E-state index in [1.165, 1.54) is 0 Å². The van der Waals surface area contributed by atoms with Gasteiger partial charge in [-0.2, -0.15) is 13.2 Å². The van der Waals surface area contributed by atoms with E-state index in [1.807, 2.05) is 0 Å². The van der Waals surface area contributed by atoms with Gasteiger partial charge in [-0.15, -0.1) is 0 Å². The van der Waals surface area contributed by atoms with Crippen LogP contribution >= 0.6 is 0 Å². The van der Waals surface area contributed by atoms with Crippen LogP contribution in [0.25, 0.3) is 0 Å². The second-order valence-corrected chi connectivity index (χ2v) is 8.51. The molecule has 12 heteroatoms. The minimum Gasteiger partial charge on any atom is -0.550 e. The fraction of sp³-hybridized carbons (Fsp3) is 0.280. The largest absolute Gasteiger partial charge is 1.00 e. The molecular weight excluding hydrogens is 498 g/mol. The molecule has 1 N–H and O–H groups in total. The van der Waals surface area contributed by atoms with E-state index in [4.69, 9.17) is 0 Å². The van der Waals surface area contributed by atoms with Crippen LogP contribution in [0, 0.1) is 0 Å². The first-order valence-electron chi connectivity index (χ1n) is 10.9. The number of aromatic nitrogens is 2. The van der Waals surface area contributed by atoms with Crippen molar-refractivity contribution in [2.24, 2.45) is 0 Å². The number of nitrogens with one attached hydrogen (secondary N) is 1. The van der Waals surface area contributed by atoms with Crippen LogP contribution < -0.4 is 49.8 Å². The van der Waals surface area contributed by atoms with E-state index in [1.54, 1.807) is 62.3 Å². The van der Waals surface area contributed by atoms with Gasteiger partial charge in [-0.1, -0.05) is 12.1 Å². The third-order valence-corrected chi connectivity index (χ3v) is 5.23. The summed E-state index contributed by atoms with van der Waals surface area (Å²) in [5.74, 6) is -0.325. The molecule has 37 heavy (non-hydrogen) atoms. The van der Waals surface area contributed by atoms with Crippen LogP contribution in [0.1, 0.15) is 32.9 Å². The summed E-state index contributed by atoms with van der Waals surface area (Å²) in [5.41, 5.74) is 1.04. The third kappa shape index (κ3) is 7.91. The van der Waals surface area contributed by atoms with Gasteiger partial charge in [-0.25, -0.2) is 9.97 Å². The van der Waals surface area contributed by atoms with Gasteiger partial charge in [-0.05, 0) is 42.0 Å². The number of carboxylic acids is 1. The zero-order valence-corrected chi connectivity index (χ0v) is 23.2. The van der Waals surface area contributed by atoms with Crippen LogP contribution in [0.5, 0.6) is 0 Å². The minimum absolute atomic E-state index is 0. The molecule has 0 radical (unpaired) electrons. The molecule has 0 aliphatic rings. The monoisotopic (exact) mass is 523 g/mol. The molecule has 0 spiro atoms. The molecule has 1 amide bonds. The SMILES string of the molecule is CN(C)c1nc(Cc2ccc(NC(=O)c3ccc(C(F)(F)F)cc3)cc2)nc(N(C)C)c1CC(=O)[O-].[Na+]. The zero-order chi connectivity index (χ0) is 26.6. The van der Waals surface area contributed by atoms with E-state index in [0.29, 0.717) is 35.1 Å². The number of carbonyl (C=O) groups is 2. The molecule has 190 valence electrons. The predicted octanol–water partition coefficient (Wildman–Crippen LogP) is -0.233. The summed E-state index contributed by atoms with van der Waals surface area (Å²) in [4.78, 5) is 36.2. The summed E-state index contributed by atoms with van der Waals surface area (Å²) < 4.78 is 38.1. The Kier molecular flexibility index (Phi) is 10.1. The number of carbonyl (C=O) groups excluding carboxylic acids is 2. The predicted molar refractivity (Wildman–Crippen MR) is 128 cm³/mol. The average Bonchev–Trinajstić information content (AvgIpc) is 2.80. The smallest absolute Gasteiger partial charge is 0.550 e. The molecule has 2 aromatic carbocycles. The van der Waals surface area contributed by atoms with E-state index < -0.39 is 23.6 Å². The first-order chi connectivity index (χ1) is 16.8. The minimum atomic E-state index is -4.47. The molecule has 3 aromatic rings.